The maximum atomic E-state index is 6.04. The number of guanidine groups is 1. The smallest absolute Gasteiger partial charge is 0.193 e. The fourth-order valence-electron chi connectivity index (χ4n) is 4.23. The number of hydrogen-bond donors (Lipinski definition) is 1. The zero-order chi connectivity index (χ0) is 14.2. The Hall–Kier alpha value is -0.810. The third-order valence-corrected chi connectivity index (χ3v) is 5.54. The second-order valence-corrected chi connectivity index (χ2v) is 7.02. The monoisotopic (exact) mass is 293 g/mol. The molecule has 5 heteroatoms. The van der Waals surface area contributed by atoms with Gasteiger partial charge in [0.15, 0.2) is 5.96 Å². The molecule has 4 aliphatic rings. The first-order valence-corrected chi connectivity index (χ1v) is 8.54. The van der Waals surface area contributed by atoms with Crippen LogP contribution in [0, 0.1) is 17.8 Å². The summed E-state index contributed by atoms with van der Waals surface area (Å²) >= 11 is 0. The summed E-state index contributed by atoms with van der Waals surface area (Å²) in [4.78, 5) is 6.87. The molecule has 4 fully saturated rings. The van der Waals surface area contributed by atoms with Crippen molar-refractivity contribution in [1.29, 1.82) is 0 Å². The van der Waals surface area contributed by atoms with Crippen LogP contribution in [-0.2, 0) is 9.47 Å². The molecule has 0 spiro atoms. The molecule has 4 unspecified atom stereocenters. The van der Waals surface area contributed by atoms with Gasteiger partial charge in [-0.2, -0.15) is 0 Å². The zero-order valence-corrected chi connectivity index (χ0v) is 13.0. The van der Waals surface area contributed by atoms with Gasteiger partial charge in [-0.15, -0.1) is 0 Å². The summed E-state index contributed by atoms with van der Waals surface area (Å²) in [6, 6.07) is 0. The van der Waals surface area contributed by atoms with Crippen molar-refractivity contribution in [1.82, 2.24) is 10.2 Å². The Labute approximate surface area is 127 Å². The molecule has 1 aliphatic carbocycles. The van der Waals surface area contributed by atoms with Crippen molar-refractivity contribution >= 4 is 5.96 Å². The van der Waals surface area contributed by atoms with E-state index in [-0.39, 0.29) is 0 Å². The van der Waals surface area contributed by atoms with Crippen molar-refractivity contribution in [2.45, 2.75) is 37.9 Å². The lowest BCUT2D eigenvalue weighted by atomic mass is 9.82. The Kier molecular flexibility index (Phi) is 3.79. The number of hydrogen-bond acceptors (Lipinski definition) is 3. The second kappa shape index (κ2) is 5.76. The topological polar surface area (TPSA) is 46.1 Å². The number of nitrogens with one attached hydrogen (secondary N) is 1. The number of aliphatic imine (C=N–C) groups is 1. The van der Waals surface area contributed by atoms with Crippen LogP contribution in [0.2, 0.25) is 0 Å². The SMILES string of the molecule is CN=C(NCCOCC1CC1)N1CC2C3CCC(O3)C2C1. The molecule has 2 bridgehead atoms. The summed E-state index contributed by atoms with van der Waals surface area (Å²) in [6.45, 7) is 4.79. The van der Waals surface area contributed by atoms with E-state index in [2.05, 4.69) is 15.2 Å². The highest BCUT2D eigenvalue weighted by Gasteiger charge is 2.53. The summed E-state index contributed by atoms with van der Waals surface area (Å²) in [5.74, 6) is 3.35. The molecule has 3 heterocycles. The molecular formula is C16H27N3O2. The molecule has 3 aliphatic heterocycles. The molecule has 4 atom stereocenters. The zero-order valence-electron chi connectivity index (χ0n) is 13.0. The van der Waals surface area contributed by atoms with Crippen molar-refractivity contribution in [2.24, 2.45) is 22.7 Å². The van der Waals surface area contributed by atoms with Gasteiger partial charge in [-0.05, 0) is 31.6 Å². The lowest BCUT2D eigenvalue weighted by Crippen LogP contribution is -2.42. The van der Waals surface area contributed by atoms with Crippen molar-refractivity contribution in [3.8, 4) is 0 Å². The third-order valence-electron chi connectivity index (χ3n) is 5.54. The van der Waals surface area contributed by atoms with Gasteiger partial charge in [-0.3, -0.25) is 4.99 Å². The van der Waals surface area contributed by atoms with E-state index in [1.165, 1.54) is 25.7 Å². The number of likely N-dealkylation sites (tertiary alicyclic amines) is 1. The quantitative estimate of drug-likeness (QED) is 0.468. The molecule has 1 saturated carbocycles. The van der Waals surface area contributed by atoms with E-state index >= 15 is 0 Å². The van der Waals surface area contributed by atoms with E-state index in [1.807, 2.05) is 7.05 Å². The van der Waals surface area contributed by atoms with Gasteiger partial charge < -0.3 is 19.7 Å². The molecule has 0 aromatic carbocycles. The highest BCUT2D eigenvalue weighted by molar-refractivity contribution is 5.80. The number of nitrogens with zero attached hydrogens (tertiary/aromatic N) is 2. The number of rotatable bonds is 5. The van der Waals surface area contributed by atoms with Crippen LogP contribution in [0.3, 0.4) is 0 Å². The summed E-state index contributed by atoms with van der Waals surface area (Å²) in [5.41, 5.74) is 0. The summed E-state index contributed by atoms with van der Waals surface area (Å²) < 4.78 is 11.7. The van der Waals surface area contributed by atoms with Crippen molar-refractivity contribution in [2.75, 3.05) is 39.9 Å². The lowest BCUT2D eigenvalue weighted by Gasteiger charge is -2.23. The standard InChI is InChI=1S/C16H27N3O2/c1-17-16(18-6-7-20-10-11-2-3-11)19-8-12-13(9-19)15-5-4-14(12)21-15/h11-15H,2-10H2,1H3,(H,17,18). The van der Waals surface area contributed by atoms with E-state index in [1.54, 1.807) is 0 Å². The molecule has 118 valence electrons. The minimum absolute atomic E-state index is 0.519. The fraction of sp³-hybridized carbons (Fsp3) is 0.938. The Balaban J connectivity index is 1.23. The van der Waals surface area contributed by atoms with Crippen LogP contribution < -0.4 is 5.32 Å². The second-order valence-electron chi connectivity index (χ2n) is 7.02. The minimum Gasteiger partial charge on any atom is -0.379 e. The maximum absolute atomic E-state index is 6.04. The number of ether oxygens (including phenoxy) is 2. The predicted octanol–water partition coefficient (Wildman–Crippen LogP) is 1.10. The first-order chi connectivity index (χ1) is 10.3. The Bertz CT molecular complexity index is 392. The Morgan fingerprint density at radius 2 is 1.90 bits per heavy atom. The Morgan fingerprint density at radius 3 is 2.52 bits per heavy atom. The first-order valence-electron chi connectivity index (χ1n) is 8.54. The Morgan fingerprint density at radius 1 is 1.19 bits per heavy atom. The maximum Gasteiger partial charge on any atom is 0.193 e. The average Bonchev–Trinajstić information content (AvgIpc) is 2.92. The molecule has 0 radical (unpaired) electrons. The molecule has 1 N–H and O–H groups in total. The van der Waals surface area contributed by atoms with Gasteiger partial charge in [-0.1, -0.05) is 0 Å². The van der Waals surface area contributed by atoms with Crippen LogP contribution in [-0.4, -0.2) is 63.0 Å². The van der Waals surface area contributed by atoms with Crippen LogP contribution in [0.5, 0.6) is 0 Å². The van der Waals surface area contributed by atoms with E-state index in [4.69, 9.17) is 9.47 Å². The highest BCUT2D eigenvalue weighted by atomic mass is 16.5. The largest absolute Gasteiger partial charge is 0.379 e. The van der Waals surface area contributed by atoms with Crippen molar-refractivity contribution in [3.05, 3.63) is 0 Å². The van der Waals surface area contributed by atoms with Gasteiger partial charge in [0.2, 0.25) is 0 Å². The molecule has 21 heavy (non-hydrogen) atoms. The van der Waals surface area contributed by atoms with Crippen molar-refractivity contribution < 1.29 is 9.47 Å². The van der Waals surface area contributed by atoms with E-state index in [0.29, 0.717) is 12.2 Å². The number of fused-ring (bicyclic) bond motifs is 5. The minimum atomic E-state index is 0.519. The van der Waals surface area contributed by atoms with Gasteiger partial charge in [0.25, 0.3) is 0 Å². The summed E-state index contributed by atoms with van der Waals surface area (Å²) in [6.07, 6.45) is 6.28. The van der Waals surface area contributed by atoms with Gasteiger partial charge in [0.1, 0.15) is 0 Å². The van der Waals surface area contributed by atoms with Crippen LogP contribution in [0.1, 0.15) is 25.7 Å². The van der Waals surface area contributed by atoms with Gasteiger partial charge >= 0.3 is 0 Å². The summed E-state index contributed by atoms with van der Waals surface area (Å²) in [5, 5.41) is 3.45. The van der Waals surface area contributed by atoms with Crippen LogP contribution in [0.4, 0.5) is 0 Å². The van der Waals surface area contributed by atoms with Crippen LogP contribution in [0.25, 0.3) is 0 Å². The molecular weight excluding hydrogens is 266 g/mol. The lowest BCUT2D eigenvalue weighted by molar-refractivity contribution is 0.0766. The van der Waals surface area contributed by atoms with E-state index < -0.39 is 0 Å². The van der Waals surface area contributed by atoms with Gasteiger partial charge in [0, 0.05) is 45.1 Å². The van der Waals surface area contributed by atoms with Crippen LogP contribution in [0.15, 0.2) is 4.99 Å². The van der Waals surface area contributed by atoms with Gasteiger partial charge in [0.05, 0.1) is 18.8 Å². The average molecular weight is 293 g/mol. The molecule has 3 saturated heterocycles. The van der Waals surface area contributed by atoms with E-state index in [0.717, 1.165) is 56.6 Å². The molecule has 0 amide bonds. The van der Waals surface area contributed by atoms with Crippen LogP contribution >= 0.6 is 0 Å². The fourth-order valence-corrected chi connectivity index (χ4v) is 4.23. The highest BCUT2D eigenvalue weighted by Crippen LogP contribution is 2.47. The molecule has 4 rings (SSSR count). The third kappa shape index (κ3) is 2.78. The molecule has 0 aromatic heterocycles. The first kappa shape index (κ1) is 13.8. The molecule has 5 nitrogen and oxygen atoms in total. The summed E-state index contributed by atoms with van der Waals surface area (Å²) in [7, 11) is 1.88. The van der Waals surface area contributed by atoms with Crippen molar-refractivity contribution in [3.63, 3.8) is 0 Å². The van der Waals surface area contributed by atoms with E-state index in [9.17, 15) is 0 Å². The molecule has 0 aromatic rings. The normalized spacial score (nSPS) is 38.1. The van der Waals surface area contributed by atoms with Gasteiger partial charge in [-0.25, -0.2) is 0 Å². The predicted molar refractivity (Wildman–Crippen MR) is 81.4 cm³/mol.